The number of hydrogen-bond donors (Lipinski definition) is 0. The van der Waals surface area contributed by atoms with Crippen molar-refractivity contribution < 1.29 is 17.6 Å². The fraction of sp³-hybridized carbons (Fsp3) is 0.579. The number of likely N-dealkylation sites (N-methyl/N-ethyl adjacent to an activating group) is 1. The van der Waals surface area contributed by atoms with E-state index in [2.05, 4.69) is 11.8 Å². The molecule has 2 saturated heterocycles. The van der Waals surface area contributed by atoms with E-state index < -0.39 is 15.8 Å². The molecular formula is C19H26N4O5S. The Bertz CT molecular complexity index is 1060. The van der Waals surface area contributed by atoms with Gasteiger partial charge < -0.3 is 14.2 Å². The van der Waals surface area contributed by atoms with Gasteiger partial charge in [0.1, 0.15) is 6.54 Å². The van der Waals surface area contributed by atoms with Gasteiger partial charge in [0.05, 0.1) is 10.4 Å². The van der Waals surface area contributed by atoms with Gasteiger partial charge in [-0.3, -0.25) is 9.36 Å². The summed E-state index contributed by atoms with van der Waals surface area (Å²) in [7, 11) is -3.60. The quantitative estimate of drug-likeness (QED) is 0.698. The lowest BCUT2D eigenvalue weighted by Crippen LogP contribution is -2.49. The molecule has 1 amide bonds. The summed E-state index contributed by atoms with van der Waals surface area (Å²) in [6.07, 6.45) is 1.70. The van der Waals surface area contributed by atoms with Crippen molar-refractivity contribution in [2.45, 2.75) is 31.2 Å². The molecule has 0 N–H and O–H groups in total. The Balaban J connectivity index is 1.56. The van der Waals surface area contributed by atoms with Gasteiger partial charge in [-0.2, -0.15) is 4.31 Å². The van der Waals surface area contributed by atoms with Crippen LogP contribution in [-0.2, 0) is 21.4 Å². The average Bonchev–Trinajstić information content (AvgIpc) is 3.37. The summed E-state index contributed by atoms with van der Waals surface area (Å²) in [6, 6.07) is 4.41. The number of piperazine rings is 1. The van der Waals surface area contributed by atoms with Crippen molar-refractivity contribution in [2.75, 3.05) is 45.8 Å². The van der Waals surface area contributed by atoms with Crippen molar-refractivity contribution in [1.29, 1.82) is 0 Å². The number of sulfonamides is 1. The molecule has 10 heteroatoms. The van der Waals surface area contributed by atoms with Crippen molar-refractivity contribution in [3.8, 4) is 0 Å². The summed E-state index contributed by atoms with van der Waals surface area (Å²) in [4.78, 5) is 29.1. The number of carbonyl (C=O) groups is 1. The lowest BCUT2D eigenvalue weighted by atomic mass is 10.3. The number of nitrogens with zero attached hydrogens (tertiary/aromatic N) is 4. The monoisotopic (exact) mass is 422 g/mol. The van der Waals surface area contributed by atoms with Crippen LogP contribution in [0.2, 0.25) is 0 Å². The maximum absolute atomic E-state index is 12.7. The number of amides is 1. The van der Waals surface area contributed by atoms with Gasteiger partial charge in [-0.1, -0.05) is 6.92 Å². The molecule has 2 fully saturated rings. The predicted octanol–water partition coefficient (Wildman–Crippen LogP) is 0.543. The highest BCUT2D eigenvalue weighted by Crippen LogP contribution is 2.24. The number of oxazole rings is 1. The van der Waals surface area contributed by atoms with Gasteiger partial charge in [0.2, 0.25) is 15.9 Å². The van der Waals surface area contributed by atoms with Crippen LogP contribution in [0.15, 0.2) is 32.3 Å². The van der Waals surface area contributed by atoms with E-state index in [0.717, 1.165) is 32.5 Å². The zero-order chi connectivity index (χ0) is 20.6. The van der Waals surface area contributed by atoms with Gasteiger partial charge in [0.25, 0.3) is 0 Å². The molecule has 0 spiro atoms. The van der Waals surface area contributed by atoms with Crippen LogP contribution in [0.4, 0.5) is 0 Å². The first kappa shape index (κ1) is 20.1. The second-order valence-electron chi connectivity index (χ2n) is 7.51. The second-order valence-corrected chi connectivity index (χ2v) is 9.45. The maximum atomic E-state index is 12.7. The molecule has 0 radical (unpaired) electrons. The molecule has 1 aromatic heterocycles. The van der Waals surface area contributed by atoms with E-state index in [-0.39, 0.29) is 22.9 Å². The average molecular weight is 423 g/mol. The molecule has 0 atom stereocenters. The molecule has 9 nitrogen and oxygen atoms in total. The maximum Gasteiger partial charge on any atom is 0.420 e. The fourth-order valence-corrected chi connectivity index (χ4v) is 5.52. The van der Waals surface area contributed by atoms with Gasteiger partial charge in [-0.25, -0.2) is 13.2 Å². The summed E-state index contributed by atoms with van der Waals surface area (Å²) >= 11 is 0. The lowest BCUT2D eigenvalue weighted by molar-refractivity contribution is -0.133. The first-order valence-corrected chi connectivity index (χ1v) is 11.5. The highest BCUT2D eigenvalue weighted by molar-refractivity contribution is 7.89. The van der Waals surface area contributed by atoms with Crippen LogP contribution < -0.4 is 5.76 Å². The minimum absolute atomic E-state index is 0.106. The number of aromatic nitrogens is 1. The van der Waals surface area contributed by atoms with E-state index in [1.807, 2.05) is 0 Å². The van der Waals surface area contributed by atoms with Crippen LogP contribution in [0.1, 0.15) is 19.8 Å². The molecule has 0 saturated carbocycles. The first-order valence-electron chi connectivity index (χ1n) is 10.0. The Morgan fingerprint density at radius 2 is 1.76 bits per heavy atom. The van der Waals surface area contributed by atoms with Crippen LogP contribution in [0.25, 0.3) is 11.1 Å². The standard InChI is InChI=1S/C19H26N4O5S/c1-2-20-9-11-21(12-10-20)18(24)14-23-16-6-5-15(13-17(16)28-19(23)25)29(26,27)22-7-3-4-8-22/h5-6,13H,2-4,7-12,14H2,1H3. The van der Waals surface area contributed by atoms with E-state index in [9.17, 15) is 18.0 Å². The van der Waals surface area contributed by atoms with E-state index in [0.29, 0.717) is 31.7 Å². The minimum Gasteiger partial charge on any atom is -0.408 e. The van der Waals surface area contributed by atoms with E-state index in [1.54, 1.807) is 11.0 Å². The Kier molecular flexibility index (Phi) is 5.50. The molecule has 2 aromatic rings. The zero-order valence-electron chi connectivity index (χ0n) is 16.5. The number of fused-ring (bicyclic) bond motifs is 1. The van der Waals surface area contributed by atoms with E-state index in [4.69, 9.17) is 4.42 Å². The van der Waals surface area contributed by atoms with Crippen molar-refractivity contribution in [3.63, 3.8) is 0 Å². The Labute approximate surface area is 169 Å². The Morgan fingerprint density at radius 3 is 2.41 bits per heavy atom. The van der Waals surface area contributed by atoms with Gasteiger partial charge in [0.15, 0.2) is 5.58 Å². The molecule has 1 aromatic carbocycles. The van der Waals surface area contributed by atoms with Crippen LogP contribution >= 0.6 is 0 Å². The third-order valence-corrected chi connectivity index (χ3v) is 7.70. The van der Waals surface area contributed by atoms with Crippen LogP contribution in [0.3, 0.4) is 0 Å². The third-order valence-electron chi connectivity index (χ3n) is 5.81. The molecule has 2 aliphatic heterocycles. The lowest BCUT2D eigenvalue weighted by Gasteiger charge is -2.34. The zero-order valence-corrected chi connectivity index (χ0v) is 17.4. The highest BCUT2D eigenvalue weighted by Gasteiger charge is 2.28. The van der Waals surface area contributed by atoms with Crippen molar-refractivity contribution in [1.82, 2.24) is 18.7 Å². The van der Waals surface area contributed by atoms with Gasteiger partial charge in [-0.05, 0) is 31.5 Å². The predicted molar refractivity (Wildman–Crippen MR) is 107 cm³/mol. The Morgan fingerprint density at radius 1 is 1.07 bits per heavy atom. The normalized spacial score (nSPS) is 19.3. The SMILES string of the molecule is CCN1CCN(C(=O)Cn2c(=O)oc3cc(S(=O)(=O)N4CCCC4)ccc32)CC1. The topological polar surface area (TPSA) is 96.1 Å². The number of rotatable bonds is 5. The molecular weight excluding hydrogens is 396 g/mol. The molecule has 2 aliphatic rings. The summed E-state index contributed by atoms with van der Waals surface area (Å²) in [5.41, 5.74) is 0.606. The molecule has 158 valence electrons. The Hall–Kier alpha value is -2.17. The van der Waals surface area contributed by atoms with E-state index in [1.165, 1.54) is 21.0 Å². The largest absolute Gasteiger partial charge is 0.420 e. The van der Waals surface area contributed by atoms with Gasteiger partial charge in [-0.15, -0.1) is 0 Å². The van der Waals surface area contributed by atoms with Crippen LogP contribution in [0.5, 0.6) is 0 Å². The number of benzene rings is 1. The highest BCUT2D eigenvalue weighted by atomic mass is 32.2. The third kappa shape index (κ3) is 3.84. The smallest absolute Gasteiger partial charge is 0.408 e. The number of hydrogen-bond acceptors (Lipinski definition) is 6. The summed E-state index contributed by atoms with van der Waals surface area (Å²) in [5, 5.41) is 0. The van der Waals surface area contributed by atoms with Crippen molar-refractivity contribution >= 4 is 27.0 Å². The van der Waals surface area contributed by atoms with Gasteiger partial charge >= 0.3 is 5.76 Å². The van der Waals surface area contributed by atoms with E-state index >= 15 is 0 Å². The minimum atomic E-state index is -3.60. The number of carbonyl (C=O) groups excluding carboxylic acids is 1. The summed E-state index contributed by atoms with van der Waals surface area (Å²) in [5.74, 6) is -0.796. The summed E-state index contributed by atoms with van der Waals surface area (Å²) < 4.78 is 33.5. The first-order chi connectivity index (χ1) is 13.9. The van der Waals surface area contributed by atoms with Crippen molar-refractivity contribution in [3.05, 3.63) is 28.7 Å². The molecule has 0 aliphatic carbocycles. The summed E-state index contributed by atoms with van der Waals surface area (Å²) in [6.45, 7) is 6.85. The van der Waals surface area contributed by atoms with Crippen LogP contribution in [0, 0.1) is 0 Å². The van der Waals surface area contributed by atoms with Gasteiger partial charge in [0, 0.05) is 45.3 Å². The molecule has 0 bridgehead atoms. The molecule has 0 unspecified atom stereocenters. The second kappa shape index (κ2) is 7.92. The van der Waals surface area contributed by atoms with Crippen molar-refractivity contribution in [2.24, 2.45) is 0 Å². The molecule has 4 rings (SSSR count). The molecule has 29 heavy (non-hydrogen) atoms. The fourth-order valence-electron chi connectivity index (χ4n) is 3.98. The molecule has 3 heterocycles. The van der Waals surface area contributed by atoms with Crippen LogP contribution in [-0.4, -0.2) is 78.8 Å².